The van der Waals surface area contributed by atoms with Gasteiger partial charge in [0.1, 0.15) is 0 Å². The first-order valence-corrected chi connectivity index (χ1v) is 12.5. The normalized spacial score (nSPS) is 30.8. The third-order valence-electron chi connectivity index (χ3n) is 2.83. The predicted octanol–water partition coefficient (Wildman–Crippen LogP) is 4.72. The second-order valence-corrected chi connectivity index (χ2v) is 8.32. The summed E-state index contributed by atoms with van der Waals surface area (Å²) in [4.78, 5) is 0. The Morgan fingerprint density at radius 1 is 1.42 bits per heavy atom. The van der Waals surface area contributed by atoms with Crippen LogP contribution in [0.4, 0.5) is 0 Å². The van der Waals surface area contributed by atoms with E-state index in [1.165, 1.54) is 38.5 Å². The molecule has 0 N–H and O–H groups in total. The first kappa shape index (κ1) is 11.4. The fourth-order valence-electron chi connectivity index (χ4n) is 2.22. The van der Waals surface area contributed by atoms with Crippen LogP contribution < -0.4 is 0 Å². The Hall–Kier alpha value is 1.33. The molecule has 72 valence electrons. The van der Waals surface area contributed by atoms with Crippen molar-refractivity contribution < 1.29 is 0 Å². The summed E-state index contributed by atoms with van der Waals surface area (Å²) >= 11 is 2.96. The van der Waals surface area contributed by atoms with E-state index in [-0.39, 0.29) is 0 Å². The lowest BCUT2D eigenvalue weighted by molar-refractivity contribution is 0.468. The van der Waals surface area contributed by atoms with Crippen molar-refractivity contribution in [2.24, 2.45) is 11.8 Å². The summed E-state index contributed by atoms with van der Waals surface area (Å²) in [6.45, 7) is 2.32. The van der Waals surface area contributed by atoms with Gasteiger partial charge in [-0.3, -0.25) is 0 Å². The minimum Gasteiger partial charge on any atom is -0.0654 e. The summed E-state index contributed by atoms with van der Waals surface area (Å²) in [7, 11) is 0. The molecule has 1 aliphatic carbocycles. The Morgan fingerprint density at radius 2 is 2.17 bits per heavy atom. The summed E-state index contributed by atoms with van der Waals surface area (Å²) in [6, 6.07) is 0. The summed E-state index contributed by atoms with van der Waals surface area (Å²) in [5, 5.41) is 0. The molecule has 0 aromatic rings. The van der Waals surface area contributed by atoms with E-state index in [4.69, 9.17) is 0 Å². The summed E-state index contributed by atoms with van der Waals surface area (Å²) in [6.07, 6.45) is 8.87. The molecule has 0 aromatic carbocycles. The lowest BCUT2D eigenvalue weighted by Gasteiger charge is -2.07. The van der Waals surface area contributed by atoms with Gasteiger partial charge < -0.3 is 0 Å². The zero-order valence-electron chi connectivity index (χ0n) is 7.73. The molecule has 1 rings (SSSR count). The minimum atomic E-state index is 0.412. The van der Waals surface area contributed by atoms with Gasteiger partial charge in [-0.1, -0.05) is 42.9 Å². The first-order chi connectivity index (χ1) is 5.86. The quantitative estimate of drug-likeness (QED) is 0.608. The molecule has 12 heavy (non-hydrogen) atoms. The van der Waals surface area contributed by atoms with Crippen LogP contribution in [0.2, 0.25) is 0 Å². The van der Waals surface area contributed by atoms with Gasteiger partial charge in [-0.25, -0.2) is 0 Å². The highest BCUT2D eigenvalue weighted by Crippen LogP contribution is 2.35. The van der Waals surface area contributed by atoms with Crippen LogP contribution in [0.1, 0.15) is 45.4 Å². The second-order valence-electron chi connectivity index (χ2n) is 3.81. The molecular formula is C10H18I2. The summed E-state index contributed by atoms with van der Waals surface area (Å²) < 4.78 is 2.55. The van der Waals surface area contributed by atoms with Crippen molar-refractivity contribution in [2.75, 3.05) is 0 Å². The minimum absolute atomic E-state index is 0.412. The van der Waals surface area contributed by atoms with Gasteiger partial charge in [0.25, 0.3) is 0 Å². The van der Waals surface area contributed by atoms with Crippen LogP contribution in [0.5, 0.6) is 0 Å². The van der Waals surface area contributed by atoms with Gasteiger partial charge in [-0.05, 0) is 53.7 Å². The molecule has 1 fully saturated rings. The van der Waals surface area contributed by atoms with Gasteiger partial charge in [0.05, 0.1) is 0 Å². The van der Waals surface area contributed by atoms with Gasteiger partial charge in [-0.2, -0.15) is 0 Å². The van der Waals surface area contributed by atoms with E-state index in [1.807, 2.05) is 0 Å². The largest absolute Gasteiger partial charge is 0.0654 e. The molecule has 0 spiro atoms. The maximum absolute atomic E-state index is 2.55. The molecule has 2 unspecified atom stereocenters. The van der Waals surface area contributed by atoms with E-state index >= 15 is 0 Å². The van der Waals surface area contributed by atoms with Gasteiger partial charge >= 0.3 is 0 Å². The number of rotatable bonds is 4. The standard InChI is InChI=1S/C10H18I2/c1-2-3-9-4-5-10(8-9)6-7-12-11/h7,9-10H,2-6,8H2,1H3. The summed E-state index contributed by atoms with van der Waals surface area (Å²) in [5.74, 6) is 2.15. The van der Waals surface area contributed by atoms with E-state index in [9.17, 15) is 0 Å². The van der Waals surface area contributed by atoms with Crippen molar-refractivity contribution in [3.05, 3.63) is 0 Å². The maximum atomic E-state index is 2.55. The Morgan fingerprint density at radius 3 is 2.83 bits per heavy atom. The Labute approximate surface area is 95.8 Å². The topological polar surface area (TPSA) is 0 Å². The van der Waals surface area contributed by atoms with Crippen molar-refractivity contribution in [1.29, 1.82) is 0 Å². The van der Waals surface area contributed by atoms with Crippen molar-refractivity contribution >= 4 is 39.4 Å². The second kappa shape index (κ2) is 6.74. The van der Waals surface area contributed by atoms with E-state index in [0.717, 1.165) is 11.8 Å². The van der Waals surface area contributed by atoms with Crippen LogP contribution in [0.25, 0.3) is 0 Å². The fourth-order valence-corrected chi connectivity index (χ4v) is 4.42. The lowest BCUT2D eigenvalue weighted by atomic mass is 9.99. The van der Waals surface area contributed by atoms with Gasteiger partial charge in [0.2, 0.25) is 0 Å². The molecule has 1 aliphatic rings. The highest BCUT2D eigenvalue weighted by atomic mass is 128. The van der Waals surface area contributed by atoms with Crippen LogP contribution in [0.15, 0.2) is 0 Å². The summed E-state index contributed by atoms with van der Waals surface area (Å²) in [5.41, 5.74) is 0. The zero-order valence-corrected chi connectivity index (χ0v) is 12.0. The first-order valence-electron chi connectivity index (χ1n) is 4.93. The molecular weight excluding hydrogens is 374 g/mol. The van der Waals surface area contributed by atoms with Crippen LogP contribution in [-0.2, 0) is 0 Å². The third-order valence-corrected chi connectivity index (χ3v) is 5.90. The fraction of sp³-hybridized carbons (Fsp3) is 0.900. The van der Waals surface area contributed by atoms with Crippen LogP contribution >= 0.6 is 35.4 Å². The van der Waals surface area contributed by atoms with Crippen LogP contribution in [0, 0.1) is 11.8 Å². The molecule has 0 aliphatic heterocycles. The molecule has 0 bridgehead atoms. The van der Waals surface area contributed by atoms with Crippen molar-refractivity contribution in [3.8, 4) is 0 Å². The van der Waals surface area contributed by atoms with Crippen molar-refractivity contribution in [2.45, 2.75) is 45.4 Å². The maximum Gasteiger partial charge on any atom is -0.00716 e. The van der Waals surface area contributed by atoms with Crippen molar-refractivity contribution in [1.82, 2.24) is 0 Å². The molecule has 1 saturated carbocycles. The van der Waals surface area contributed by atoms with Gasteiger partial charge in [0, 0.05) is 0 Å². The molecule has 0 aromatic heterocycles. The van der Waals surface area contributed by atoms with E-state index in [2.05, 4.69) is 29.6 Å². The van der Waals surface area contributed by atoms with Crippen molar-refractivity contribution in [3.63, 3.8) is 0 Å². The highest BCUT2D eigenvalue weighted by Gasteiger charge is 2.22. The molecule has 0 amide bonds. The Balaban J connectivity index is 2.16. The predicted molar refractivity (Wildman–Crippen MR) is 74.5 cm³/mol. The van der Waals surface area contributed by atoms with E-state index < -0.39 is 0 Å². The highest BCUT2D eigenvalue weighted by molar-refractivity contribution is 15.0. The molecule has 2 atom stereocenters. The molecule has 2 heteroatoms. The third kappa shape index (κ3) is 4.03. The van der Waals surface area contributed by atoms with Gasteiger partial charge in [-0.15, -0.1) is 0 Å². The van der Waals surface area contributed by atoms with Gasteiger partial charge in [0.15, 0.2) is 0 Å². The molecule has 0 radical (unpaired) electrons. The zero-order chi connectivity index (χ0) is 8.81. The average molecular weight is 392 g/mol. The average Bonchev–Trinajstić information content (AvgIpc) is 2.50. The van der Waals surface area contributed by atoms with E-state index in [1.54, 1.807) is 0 Å². The van der Waals surface area contributed by atoms with Crippen LogP contribution in [0.3, 0.4) is 0 Å². The van der Waals surface area contributed by atoms with Crippen LogP contribution in [-0.4, -0.2) is 4.01 Å². The number of hydrogen-bond acceptors (Lipinski definition) is 0. The monoisotopic (exact) mass is 392 g/mol. The number of hydrogen-bond donors (Lipinski definition) is 0. The van der Waals surface area contributed by atoms with E-state index in [0.29, 0.717) is 16.8 Å². The smallest absolute Gasteiger partial charge is 0.00716 e. The lowest BCUT2D eigenvalue weighted by Crippen LogP contribution is -1.96. The SMILES string of the molecule is CCCC1CCC(CC=II)C1. The number of halogens is 2. The molecule has 0 nitrogen and oxygen atoms in total. The molecule has 0 heterocycles. The Bertz CT molecular complexity index is 143. The molecule has 0 saturated heterocycles. The Kier molecular flexibility index (Phi) is 6.40.